The van der Waals surface area contributed by atoms with Gasteiger partial charge in [-0.05, 0) is 27.7 Å². The molecule has 1 aromatic rings. The lowest BCUT2D eigenvalue weighted by Gasteiger charge is -2.04. The third-order valence-corrected chi connectivity index (χ3v) is 1.59. The number of hydrogen-bond donors (Lipinski definition) is 0. The maximum absolute atomic E-state index is 11.4. The summed E-state index contributed by atoms with van der Waals surface area (Å²) < 4.78 is 6.60. The van der Waals surface area contributed by atoms with E-state index in [1.54, 1.807) is 24.7 Å². The second-order valence-electron chi connectivity index (χ2n) is 3.63. The van der Waals surface area contributed by atoms with Crippen molar-refractivity contribution >= 4 is 5.97 Å². The Kier molecular flexibility index (Phi) is 3.22. The molecule has 0 bridgehead atoms. The van der Waals surface area contributed by atoms with E-state index in [0.29, 0.717) is 0 Å². The van der Waals surface area contributed by atoms with Gasteiger partial charge in [-0.25, -0.2) is 9.48 Å². The maximum Gasteiger partial charge on any atom is 0.360 e. The number of carbonyl (C=O) groups is 1. The van der Waals surface area contributed by atoms with Crippen LogP contribution in [0.1, 0.15) is 44.2 Å². The Morgan fingerprint density at radius 1 is 1.43 bits per heavy atom. The molecule has 5 nitrogen and oxygen atoms in total. The summed E-state index contributed by atoms with van der Waals surface area (Å²) in [5, 5.41) is 7.54. The van der Waals surface area contributed by atoms with Crippen LogP contribution in [0.15, 0.2) is 6.20 Å². The molecular formula is C9H15N3O2. The van der Waals surface area contributed by atoms with Gasteiger partial charge in [0.25, 0.3) is 0 Å². The molecule has 0 spiro atoms. The van der Waals surface area contributed by atoms with Crippen LogP contribution in [0.4, 0.5) is 0 Å². The van der Waals surface area contributed by atoms with Gasteiger partial charge >= 0.3 is 5.97 Å². The Hall–Kier alpha value is -1.39. The number of rotatable bonds is 3. The fraction of sp³-hybridized carbons (Fsp3) is 0.667. The molecule has 0 aliphatic rings. The highest BCUT2D eigenvalue weighted by atomic mass is 16.5. The van der Waals surface area contributed by atoms with Crippen LogP contribution < -0.4 is 0 Å². The van der Waals surface area contributed by atoms with Crippen LogP contribution in [-0.4, -0.2) is 27.1 Å². The van der Waals surface area contributed by atoms with Crippen LogP contribution in [0.5, 0.6) is 0 Å². The number of esters is 1. The molecule has 0 fully saturated rings. The Morgan fingerprint density at radius 3 is 2.50 bits per heavy atom. The van der Waals surface area contributed by atoms with Gasteiger partial charge < -0.3 is 4.74 Å². The van der Waals surface area contributed by atoms with Crippen molar-refractivity contribution in [2.45, 2.75) is 39.8 Å². The number of ether oxygens (including phenoxy) is 1. The van der Waals surface area contributed by atoms with Crippen molar-refractivity contribution in [1.82, 2.24) is 15.0 Å². The molecule has 0 aromatic carbocycles. The molecule has 0 saturated heterocycles. The normalized spacial score (nSPS) is 11.0. The van der Waals surface area contributed by atoms with Gasteiger partial charge in [0.15, 0.2) is 5.69 Å². The Bertz CT molecular complexity index is 318. The van der Waals surface area contributed by atoms with Gasteiger partial charge in [-0.1, -0.05) is 5.21 Å². The highest BCUT2D eigenvalue weighted by Crippen LogP contribution is 2.04. The second kappa shape index (κ2) is 4.21. The summed E-state index contributed by atoms with van der Waals surface area (Å²) >= 11 is 0. The minimum atomic E-state index is -0.424. The second-order valence-corrected chi connectivity index (χ2v) is 3.63. The highest BCUT2D eigenvalue weighted by molar-refractivity contribution is 5.86. The fourth-order valence-electron chi connectivity index (χ4n) is 0.897. The number of nitrogens with zero attached hydrogens (tertiary/aromatic N) is 3. The van der Waals surface area contributed by atoms with Crippen LogP contribution in [-0.2, 0) is 4.74 Å². The predicted molar refractivity (Wildman–Crippen MR) is 51.0 cm³/mol. The van der Waals surface area contributed by atoms with Crippen molar-refractivity contribution in [2.24, 2.45) is 0 Å². The zero-order valence-corrected chi connectivity index (χ0v) is 8.89. The van der Waals surface area contributed by atoms with Crippen molar-refractivity contribution in [3.8, 4) is 0 Å². The predicted octanol–water partition coefficient (Wildman–Crippen LogP) is 1.42. The standard InChI is InChI=1S/C9H15N3O2/c1-6(2)12-5-8(10-11-12)9(13)14-7(3)4/h5-7H,1-4H3. The van der Waals surface area contributed by atoms with E-state index in [1.807, 2.05) is 13.8 Å². The van der Waals surface area contributed by atoms with Crippen molar-refractivity contribution in [1.29, 1.82) is 0 Å². The van der Waals surface area contributed by atoms with E-state index < -0.39 is 5.97 Å². The van der Waals surface area contributed by atoms with Gasteiger partial charge in [0, 0.05) is 6.04 Å². The summed E-state index contributed by atoms with van der Waals surface area (Å²) in [5.74, 6) is -0.424. The van der Waals surface area contributed by atoms with Gasteiger partial charge in [0.2, 0.25) is 0 Å². The first kappa shape index (κ1) is 10.7. The Labute approximate surface area is 83.1 Å². The van der Waals surface area contributed by atoms with E-state index in [-0.39, 0.29) is 17.8 Å². The van der Waals surface area contributed by atoms with Crippen LogP contribution >= 0.6 is 0 Å². The summed E-state index contributed by atoms with van der Waals surface area (Å²) in [6.45, 7) is 7.52. The van der Waals surface area contributed by atoms with E-state index in [0.717, 1.165) is 0 Å². The van der Waals surface area contributed by atoms with Crippen LogP contribution in [0, 0.1) is 0 Å². The van der Waals surface area contributed by atoms with E-state index >= 15 is 0 Å². The first-order valence-electron chi connectivity index (χ1n) is 4.63. The SMILES string of the molecule is CC(C)OC(=O)c1cn(C(C)C)nn1. The molecule has 0 saturated carbocycles. The first-order valence-corrected chi connectivity index (χ1v) is 4.63. The van der Waals surface area contributed by atoms with Crippen LogP contribution in [0.2, 0.25) is 0 Å². The van der Waals surface area contributed by atoms with Crippen LogP contribution in [0.25, 0.3) is 0 Å². The van der Waals surface area contributed by atoms with E-state index in [9.17, 15) is 4.79 Å². The van der Waals surface area contributed by atoms with Crippen molar-refractivity contribution in [3.05, 3.63) is 11.9 Å². The van der Waals surface area contributed by atoms with Crippen LogP contribution in [0.3, 0.4) is 0 Å². The lowest BCUT2D eigenvalue weighted by Crippen LogP contribution is -2.11. The number of carbonyl (C=O) groups excluding carboxylic acids is 1. The summed E-state index contributed by atoms with van der Waals surface area (Å²) in [6.07, 6.45) is 1.46. The molecule has 1 rings (SSSR count). The van der Waals surface area contributed by atoms with Crippen molar-refractivity contribution in [2.75, 3.05) is 0 Å². The molecule has 0 aliphatic heterocycles. The molecule has 14 heavy (non-hydrogen) atoms. The molecule has 0 amide bonds. The van der Waals surface area contributed by atoms with E-state index in [2.05, 4.69) is 10.3 Å². The summed E-state index contributed by atoms with van der Waals surface area (Å²) in [4.78, 5) is 11.4. The third-order valence-electron chi connectivity index (χ3n) is 1.59. The lowest BCUT2D eigenvalue weighted by molar-refractivity contribution is 0.0370. The van der Waals surface area contributed by atoms with Crippen molar-refractivity contribution < 1.29 is 9.53 Å². The summed E-state index contributed by atoms with van der Waals surface area (Å²) in [5.41, 5.74) is 0.257. The molecule has 5 heteroatoms. The molecule has 0 atom stereocenters. The van der Waals surface area contributed by atoms with Gasteiger partial charge in [-0.2, -0.15) is 0 Å². The first-order chi connectivity index (χ1) is 6.50. The smallest absolute Gasteiger partial charge is 0.360 e. The molecule has 0 aliphatic carbocycles. The molecule has 1 aromatic heterocycles. The molecule has 78 valence electrons. The minimum absolute atomic E-state index is 0.133. The van der Waals surface area contributed by atoms with Gasteiger partial charge in [-0.3, -0.25) is 0 Å². The number of aromatic nitrogens is 3. The van der Waals surface area contributed by atoms with E-state index in [4.69, 9.17) is 4.74 Å². The third kappa shape index (κ3) is 2.55. The molecular weight excluding hydrogens is 182 g/mol. The summed E-state index contributed by atoms with van der Waals surface area (Å²) in [6, 6.07) is 0.197. The largest absolute Gasteiger partial charge is 0.458 e. The summed E-state index contributed by atoms with van der Waals surface area (Å²) in [7, 11) is 0. The fourth-order valence-corrected chi connectivity index (χ4v) is 0.897. The van der Waals surface area contributed by atoms with E-state index in [1.165, 1.54) is 0 Å². The zero-order valence-electron chi connectivity index (χ0n) is 8.89. The highest BCUT2D eigenvalue weighted by Gasteiger charge is 2.14. The number of hydrogen-bond acceptors (Lipinski definition) is 4. The maximum atomic E-state index is 11.4. The monoisotopic (exact) mass is 197 g/mol. The molecule has 1 heterocycles. The average Bonchev–Trinajstić information content (AvgIpc) is 2.50. The molecule has 0 radical (unpaired) electrons. The quantitative estimate of drug-likeness (QED) is 0.688. The minimum Gasteiger partial charge on any atom is -0.458 e. The van der Waals surface area contributed by atoms with Gasteiger partial charge in [-0.15, -0.1) is 5.10 Å². The van der Waals surface area contributed by atoms with Gasteiger partial charge in [0.1, 0.15) is 0 Å². The van der Waals surface area contributed by atoms with Gasteiger partial charge in [0.05, 0.1) is 12.3 Å². The zero-order chi connectivity index (χ0) is 10.7. The topological polar surface area (TPSA) is 57.0 Å². The average molecular weight is 197 g/mol. The molecule has 0 unspecified atom stereocenters. The van der Waals surface area contributed by atoms with Crippen molar-refractivity contribution in [3.63, 3.8) is 0 Å². The Balaban J connectivity index is 2.71. The Morgan fingerprint density at radius 2 is 2.07 bits per heavy atom. The lowest BCUT2D eigenvalue weighted by atomic mass is 10.4. The molecule has 0 N–H and O–H groups in total.